The van der Waals surface area contributed by atoms with E-state index in [1.165, 1.54) is 13.1 Å². The molecule has 2 heterocycles. The lowest BCUT2D eigenvalue weighted by Gasteiger charge is -2.24. The van der Waals surface area contributed by atoms with Crippen LogP contribution in [0.3, 0.4) is 0 Å². The molecule has 2 aromatic rings. The van der Waals surface area contributed by atoms with Gasteiger partial charge in [0.25, 0.3) is 0 Å². The Kier molecular flexibility index (Phi) is 4.69. The highest BCUT2D eigenvalue weighted by molar-refractivity contribution is 5.91. The van der Waals surface area contributed by atoms with Crippen molar-refractivity contribution >= 4 is 22.8 Å². The van der Waals surface area contributed by atoms with Gasteiger partial charge in [-0.3, -0.25) is 4.90 Å². The zero-order valence-corrected chi connectivity index (χ0v) is 15.1. The molecule has 0 saturated carbocycles. The fourth-order valence-electron chi connectivity index (χ4n) is 2.83. The maximum Gasteiger partial charge on any atom is 0.414 e. The number of nitrogens with zero attached hydrogens (tertiary/aromatic N) is 2. The number of amides is 1. The standard InChI is InChI=1S/C18H24FN3O3/c1-18(2,3)25-17(23)22(4)14-10-13-12(9-11(14)19)20-16(21-13)15-7-5-6-8-24-15/h9-10,15H,5-8H2,1-4H3,(H,20,21). The highest BCUT2D eigenvalue weighted by Gasteiger charge is 2.24. The van der Waals surface area contributed by atoms with Crippen molar-refractivity contribution < 1.29 is 18.7 Å². The van der Waals surface area contributed by atoms with E-state index in [-0.39, 0.29) is 11.8 Å². The highest BCUT2D eigenvalue weighted by Crippen LogP contribution is 2.30. The Hall–Kier alpha value is -2.15. The van der Waals surface area contributed by atoms with Crippen LogP contribution in [-0.4, -0.2) is 35.3 Å². The van der Waals surface area contributed by atoms with Crippen molar-refractivity contribution in [2.24, 2.45) is 0 Å². The maximum absolute atomic E-state index is 14.5. The summed E-state index contributed by atoms with van der Waals surface area (Å²) >= 11 is 0. The zero-order valence-electron chi connectivity index (χ0n) is 15.1. The molecule has 0 radical (unpaired) electrons. The van der Waals surface area contributed by atoms with Crippen molar-refractivity contribution in [1.29, 1.82) is 0 Å². The van der Waals surface area contributed by atoms with Crippen LogP contribution in [0, 0.1) is 5.82 Å². The van der Waals surface area contributed by atoms with Crippen LogP contribution in [0.4, 0.5) is 14.9 Å². The second kappa shape index (κ2) is 6.63. The Morgan fingerprint density at radius 3 is 2.80 bits per heavy atom. The molecule has 1 aromatic carbocycles. The molecule has 3 rings (SSSR count). The third kappa shape index (κ3) is 3.92. The van der Waals surface area contributed by atoms with Gasteiger partial charge in [-0.25, -0.2) is 14.2 Å². The molecular formula is C18H24FN3O3. The number of imidazole rings is 1. The van der Waals surface area contributed by atoms with E-state index in [2.05, 4.69) is 9.97 Å². The number of fused-ring (bicyclic) bond motifs is 1. The average molecular weight is 349 g/mol. The predicted molar refractivity (Wildman–Crippen MR) is 93.2 cm³/mol. The van der Waals surface area contributed by atoms with E-state index in [1.54, 1.807) is 26.8 Å². The molecule has 0 aliphatic carbocycles. The smallest absolute Gasteiger partial charge is 0.414 e. The van der Waals surface area contributed by atoms with E-state index >= 15 is 0 Å². The van der Waals surface area contributed by atoms with Gasteiger partial charge >= 0.3 is 6.09 Å². The lowest BCUT2D eigenvalue weighted by atomic mass is 10.1. The van der Waals surface area contributed by atoms with Crippen LogP contribution >= 0.6 is 0 Å². The number of benzene rings is 1. The summed E-state index contributed by atoms with van der Waals surface area (Å²) in [6, 6.07) is 2.91. The molecule has 25 heavy (non-hydrogen) atoms. The molecule has 0 bridgehead atoms. The van der Waals surface area contributed by atoms with E-state index in [9.17, 15) is 9.18 Å². The zero-order chi connectivity index (χ0) is 18.2. The molecule has 1 saturated heterocycles. The predicted octanol–water partition coefficient (Wildman–Crippen LogP) is 4.31. The molecule has 1 aliphatic rings. The van der Waals surface area contributed by atoms with Crippen molar-refractivity contribution in [3.8, 4) is 0 Å². The summed E-state index contributed by atoms with van der Waals surface area (Å²) in [5, 5.41) is 0. The minimum atomic E-state index is -0.649. The molecule has 6 nitrogen and oxygen atoms in total. The van der Waals surface area contributed by atoms with Gasteiger partial charge in [0.2, 0.25) is 0 Å². The summed E-state index contributed by atoms with van der Waals surface area (Å²) < 4.78 is 25.5. The Balaban J connectivity index is 1.89. The number of hydrogen-bond acceptors (Lipinski definition) is 4. The molecule has 1 aromatic heterocycles. The summed E-state index contributed by atoms with van der Waals surface area (Å²) in [7, 11) is 1.48. The number of halogens is 1. The van der Waals surface area contributed by atoms with E-state index in [0.717, 1.165) is 24.2 Å². The Labute approximate surface area is 146 Å². The topological polar surface area (TPSA) is 67.5 Å². The molecule has 1 N–H and O–H groups in total. The van der Waals surface area contributed by atoms with Crippen molar-refractivity contribution in [2.75, 3.05) is 18.6 Å². The van der Waals surface area contributed by atoms with Crippen LogP contribution in [0.15, 0.2) is 12.1 Å². The van der Waals surface area contributed by atoms with Crippen LogP contribution in [-0.2, 0) is 9.47 Å². The minimum absolute atomic E-state index is 0.0868. The van der Waals surface area contributed by atoms with Crippen molar-refractivity contribution in [3.05, 3.63) is 23.8 Å². The van der Waals surface area contributed by atoms with E-state index < -0.39 is 17.5 Å². The number of ether oxygens (including phenoxy) is 2. The van der Waals surface area contributed by atoms with Gasteiger partial charge in [-0.1, -0.05) is 0 Å². The average Bonchev–Trinajstić information content (AvgIpc) is 2.95. The number of carbonyl (C=O) groups is 1. The number of hydrogen-bond donors (Lipinski definition) is 1. The molecule has 136 valence electrons. The van der Waals surface area contributed by atoms with Crippen LogP contribution < -0.4 is 4.90 Å². The first-order chi connectivity index (χ1) is 11.7. The summed E-state index contributed by atoms with van der Waals surface area (Å²) in [4.78, 5) is 21.0. The third-order valence-electron chi connectivity index (χ3n) is 4.08. The lowest BCUT2D eigenvalue weighted by molar-refractivity contribution is 0.0101. The monoisotopic (exact) mass is 349 g/mol. The van der Waals surface area contributed by atoms with Gasteiger partial charge in [0.1, 0.15) is 23.3 Å². The van der Waals surface area contributed by atoms with E-state index in [1.807, 2.05) is 0 Å². The van der Waals surface area contributed by atoms with Gasteiger partial charge in [-0.05, 0) is 46.1 Å². The molecule has 1 amide bonds. The first kappa shape index (κ1) is 17.7. The quantitative estimate of drug-likeness (QED) is 0.877. The maximum atomic E-state index is 14.5. The number of nitrogens with one attached hydrogen (secondary N) is 1. The number of aromatic amines is 1. The molecule has 0 spiro atoms. The highest BCUT2D eigenvalue weighted by atomic mass is 19.1. The van der Waals surface area contributed by atoms with Crippen LogP contribution in [0.1, 0.15) is 52.0 Å². The molecule has 1 atom stereocenters. The normalized spacial score (nSPS) is 18.4. The fourth-order valence-corrected chi connectivity index (χ4v) is 2.83. The van der Waals surface area contributed by atoms with Gasteiger partial charge in [0, 0.05) is 19.7 Å². The first-order valence-corrected chi connectivity index (χ1v) is 8.52. The largest absolute Gasteiger partial charge is 0.443 e. The van der Waals surface area contributed by atoms with E-state index in [0.29, 0.717) is 23.5 Å². The van der Waals surface area contributed by atoms with Crippen molar-refractivity contribution in [3.63, 3.8) is 0 Å². The number of rotatable bonds is 2. The Morgan fingerprint density at radius 1 is 1.40 bits per heavy atom. The van der Waals surface area contributed by atoms with Crippen LogP contribution in [0.5, 0.6) is 0 Å². The number of anilines is 1. The number of H-pyrrole nitrogens is 1. The van der Waals surface area contributed by atoms with Crippen molar-refractivity contribution in [1.82, 2.24) is 9.97 Å². The number of carbonyl (C=O) groups excluding carboxylic acids is 1. The molecule has 1 aliphatic heterocycles. The summed E-state index contributed by atoms with van der Waals surface area (Å²) in [6.45, 7) is 6.01. The SMILES string of the molecule is CN(C(=O)OC(C)(C)C)c1cc2nc(C3CCCCO3)[nH]c2cc1F. The summed E-state index contributed by atoms with van der Waals surface area (Å²) in [6.07, 6.45) is 2.33. The molecule has 1 fully saturated rings. The van der Waals surface area contributed by atoms with Gasteiger partial charge < -0.3 is 14.5 Å². The minimum Gasteiger partial charge on any atom is -0.443 e. The molecule has 7 heteroatoms. The van der Waals surface area contributed by atoms with Crippen LogP contribution in [0.2, 0.25) is 0 Å². The lowest BCUT2D eigenvalue weighted by Crippen LogP contribution is -2.34. The van der Waals surface area contributed by atoms with Crippen molar-refractivity contribution in [2.45, 2.75) is 51.7 Å². The van der Waals surface area contributed by atoms with Gasteiger partial charge in [-0.15, -0.1) is 0 Å². The second-order valence-corrected chi connectivity index (χ2v) is 7.34. The Morgan fingerprint density at radius 2 is 2.16 bits per heavy atom. The first-order valence-electron chi connectivity index (χ1n) is 8.52. The fraction of sp³-hybridized carbons (Fsp3) is 0.556. The van der Waals surface area contributed by atoms with Gasteiger partial charge in [-0.2, -0.15) is 0 Å². The summed E-state index contributed by atoms with van der Waals surface area (Å²) in [5.74, 6) is 0.187. The summed E-state index contributed by atoms with van der Waals surface area (Å²) in [5.41, 5.74) is 0.660. The van der Waals surface area contributed by atoms with Gasteiger partial charge in [0.05, 0.1) is 16.7 Å². The van der Waals surface area contributed by atoms with Crippen LogP contribution in [0.25, 0.3) is 11.0 Å². The molecular weight excluding hydrogens is 325 g/mol. The van der Waals surface area contributed by atoms with Gasteiger partial charge in [0.15, 0.2) is 0 Å². The molecule has 1 unspecified atom stereocenters. The Bertz CT molecular complexity index is 776. The van der Waals surface area contributed by atoms with E-state index in [4.69, 9.17) is 9.47 Å². The number of aromatic nitrogens is 2. The second-order valence-electron chi connectivity index (χ2n) is 7.34. The third-order valence-corrected chi connectivity index (χ3v) is 4.08.